The van der Waals surface area contributed by atoms with Gasteiger partial charge in [-0.05, 0) is 58.8 Å². The summed E-state index contributed by atoms with van der Waals surface area (Å²) in [5.74, 6) is 5.35. The first kappa shape index (κ1) is 23.5. The van der Waals surface area contributed by atoms with Crippen molar-refractivity contribution in [3.63, 3.8) is 0 Å². The maximum absolute atomic E-state index is 11.5. The van der Waals surface area contributed by atoms with E-state index in [0.29, 0.717) is 27.1 Å². The highest BCUT2D eigenvalue weighted by atomic mass is 35.5. The Kier molecular flexibility index (Phi) is 6.18. The number of nitrogens with one attached hydrogen (secondary N) is 1. The fourth-order valence-corrected chi connectivity index (χ4v) is 3.80. The van der Waals surface area contributed by atoms with Crippen molar-refractivity contribution in [1.29, 1.82) is 0 Å². The zero-order chi connectivity index (χ0) is 25.4. The van der Waals surface area contributed by atoms with Gasteiger partial charge in [0, 0.05) is 11.3 Å². The third-order valence-corrected chi connectivity index (χ3v) is 6.04. The summed E-state index contributed by atoms with van der Waals surface area (Å²) in [6.07, 6.45) is 0. The quantitative estimate of drug-likeness (QED) is 0.143. The van der Waals surface area contributed by atoms with Crippen LogP contribution in [0.4, 0.5) is 11.5 Å². The van der Waals surface area contributed by atoms with E-state index in [4.69, 9.17) is 49.7 Å². The van der Waals surface area contributed by atoms with Gasteiger partial charge in [0.25, 0.3) is 0 Å². The number of rotatable bonds is 6. The molecular formula is C22H12Cl3N7O4. The molecule has 0 aliphatic carbocycles. The first-order chi connectivity index (χ1) is 17.3. The number of furan rings is 1. The molecule has 5 rings (SSSR count). The minimum Gasteiger partial charge on any atom is -0.478 e. The predicted octanol–water partition coefficient (Wildman–Crippen LogP) is 5.39. The number of halogens is 3. The van der Waals surface area contributed by atoms with Crippen LogP contribution in [0, 0.1) is 0 Å². The molecule has 14 heteroatoms. The first-order valence-electron chi connectivity index (χ1n) is 9.98. The number of nitrogens with two attached hydrogens (primary N) is 1. The van der Waals surface area contributed by atoms with Gasteiger partial charge in [0.05, 0.1) is 20.6 Å². The Labute approximate surface area is 216 Å². The van der Waals surface area contributed by atoms with Crippen LogP contribution in [-0.2, 0) is 0 Å². The van der Waals surface area contributed by atoms with Gasteiger partial charge in [-0.3, -0.25) is 0 Å². The Balaban J connectivity index is 1.57. The lowest BCUT2D eigenvalue weighted by molar-refractivity contribution is 0.0697. The number of aromatic nitrogens is 4. The van der Waals surface area contributed by atoms with E-state index in [9.17, 15) is 9.90 Å². The van der Waals surface area contributed by atoms with E-state index in [1.54, 1.807) is 36.4 Å². The van der Waals surface area contributed by atoms with E-state index in [-0.39, 0.29) is 44.9 Å². The molecule has 4 N–H and O–H groups in total. The molecule has 0 saturated heterocycles. The number of hydrogen-bond acceptors (Lipinski definition) is 10. The summed E-state index contributed by atoms with van der Waals surface area (Å²) < 4.78 is 10.7. The van der Waals surface area contributed by atoms with E-state index in [2.05, 4.69) is 30.7 Å². The summed E-state index contributed by atoms with van der Waals surface area (Å²) in [5.41, 5.74) is 1.51. The maximum Gasteiger partial charge on any atom is 0.337 e. The highest BCUT2D eigenvalue weighted by Crippen LogP contribution is 2.31. The fraction of sp³-hybridized carbons (Fsp3) is 0. The standard InChI is InChI=1S/C22H12Cl3N7O4/c23-12-3-1-9(7-11(12)22(33)34)15-5-6-16(35-15)17(30-26)18-19(29-21-20(28-18)31-36-32-21)27-10-2-4-13(24)14(25)8-10/h1-8H,26H2,(H,33,34)(H,27,29,32). The molecule has 2 aromatic carbocycles. The Hall–Kier alpha value is -4.19. The van der Waals surface area contributed by atoms with Crippen molar-refractivity contribution >= 4 is 69.3 Å². The molecule has 36 heavy (non-hydrogen) atoms. The van der Waals surface area contributed by atoms with Crippen LogP contribution in [0.5, 0.6) is 0 Å². The number of carboxylic acids is 1. The van der Waals surface area contributed by atoms with Crippen molar-refractivity contribution in [2.75, 3.05) is 5.32 Å². The average molecular weight is 545 g/mol. The molecular weight excluding hydrogens is 533 g/mol. The number of hydrazone groups is 1. The van der Waals surface area contributed by atoms with Gasteiger partial charge in [-0.25, -0.2) is 19.4 Å². The van der Waals surface area contributed by atoms with Gasteiger partial charge in [-0.2, -0.15) is 5.10 Å². The van der Waals surface area contributed by atoms with Crippen LogP contribution in [0.1, 0.15) is 21.8 Å². The van der Waals surface area contributed by atoms with Gasteiger partial charge in [0.2, 0.25) is 11.3 Å². The van der Waals surface area contributed by atoms with E-state index >= 15 is 0 Å². The molecule has 5 aromatic rings. The maximum atomic E-state index is 11.5. The predicted molar refractivity (Wildman–Crippen MR) is 133 cm³/mol. The third-order valence-electron chi connectivity index (χ3n) is 4.97. The summed E-state index contributed by atoms with van der Waals surface area (Å²) in [4.78, 5) is 20.3. The lowest BCUT2D eigenvalue weighted by atomic mass is 10.1. The minimum absolute atomic E-state index is 0.0669. The largest absolute Gasteiger partial charge is 0.478 e. The number of carbonyl (C=O) groups is 1. The summed E-state index contributed by atoms with van der Waals surface area (Å²) >= 11 is 18.1. The normalized spacial score (nSPS) is 11.7. The first-order valence-corrected chi connectivity index (χ1v) is 11.1. The molecule has 0 spiro atoms. The fourth-order valence-electron chi connectivity index (χ4n) is 3.30. The number of nitrogens with zero attached hydrogens (tertiary/aromatic N) is 5. The number of anilines is 2. The molecule has 0 fully saturated rings. The van der Waals surface area contributed by atoms with Gasteiger partial charge in [-0.15, -0.1) is 0 Å². The van der Waals surface area contributed by atoms with Crippen LogP contribution in [0.3, 0.4) is 0 Å². The highest BCUT2D eigenvalue weighted by Gasteiger charge is 2.23. The van der Waals surface area contributed by atoms with Crippen molar-refractivity contribution in [2.45, 2.75) is 0 Å². The Morgan fingerprint density at radius 2 is 1.69 bits per heavy atom. The third kappa shape index (κ3) is 4.42. The lowest BCUT2D eigenvalue weighted by Gasteiger charge is -2.11. The van der Waals surface area contributed by atoms with E-state index in [1.165, 1.54) is 12.1 Å². The van der Waals surface area contributed by atoms with E-state index < -0.39 is 5.97 Å². The van der Waals surface area contributed by atoms with Crippen LogP contribution in [0.25, 0.3) is 22.6 Å². The molecule has 0 amide bonds. The highest BCUT2D eigenvalue weighted by molar-refractivity contribution is 6.42. The van der Waals surface area contributed by atoms with Crippen molar-refractivity contribution in [2.24, 2.45) is 10.9 Å². The smallest absolute Gasteiger partial charge is 0.337 e. The number of fused-ring (bicyclic) bond motifs is 1. The van der Waals surface area contributed by atoms with Gasteiger partial charge >= 0.3 is 5.97 Å². The topological polar surface area (TPSA) is 166 Å². The zero-order valence-electron chi connectivity index (χ0n) is 17.7. The molecule has 0 atom stereocenters. The van der Waals surface area contributed by atoms with Gasteiger partial charge in [0.1, 0.15) is 11.5 Å². The van der Waals surface area contributed by atoms with Crippen LogP contribution < -0.4 is 11.2 Å². The van der Waals surface area contributed by atoms with Gasteiger partial charge in [-0.1, -0.05) is 34.8 Å². The monoisotopic (exact) mass is 543 g/mol. The van der Waals surface area contributed by atoms with Crippen molar-refractivity contribution in [3.8, 4) is 11.3 Å². The lowest BCUT2D eigenvalue weighted by Crippen LogP contribution is -2.13. The van der Waals surface area contributed by atoms with Crippen LogP contribution in [0.2, 0.25) is 15.1 Å². The molecule has 11 nitrogen and oxygen atoms in total. The molecule has 0 aliphatic rings. The molecule has 0 unspecified atom stereocenters. The second kappa shape index (κ2) is 9.46. The zero-order valence-corrected chi connectivity index (χ0v) is 20.0. The number of carboxylic acid groups (broad SMARTS) is 1. The Morgan fingerprint density at radius 3 is 2.42 bits per heavy atom. The summed E-state index contributed by atoms with van der Waals surface area (Å²) in [5, 5.41) is 24.6. The van der Waals surface area contributed by atoms with Crippen LogP contribution in [0.15, 0.2) is 62.7 Å². The average Bonchev–Trinajstić information content (AvgIpc) is 3.52. The number of aromatic carboxylic acids is 1. The van der Waals surface area contributed by atoms with E-state index in [1.807, 2.05) is 0 Å². The molecule has 0 radical (unpaired) electrons. The number of hydrogen-bond donors (Lipinski definition) is 3. The Bertz CT molecular complexity index is 1660. The number of benzene rings is 2. The molecule has 0 bridgehead atoms. The van der Waals surface area contributed by atoms with Crippen LogP contribution >= 0.6 is 34.8 Å². The molecule has 0 aliphatic heterocycles. The molecule has 3 heterocycles. The SMILES string of the molecule is NN=C(c1ccc(-c2ccc(Cl)c(C(=O)O)c2)o1)c1nc2nonc2nc1Nc1ccc(Cl)c(Cl)c1. The van der Waals surface area contributed by atoms with Crippen LogP contribution in [-0.4, -0.2) is 37.1 Å². The molecule has 0 saturated carbocycles. The molecule has 180 valence electrons. The summed E-state index contributed by atoms with van der Waals surface area (Å²) in [7, 11) is 0. The second-order valence-electron chi connectivity index (χ2n) is 7.23. The van der Waals surface area contributed by atoms with Gasteiger partial charge in [0.15, 0.2) is 17.3 Å². The second-order valence-corrected chi connectivity index (χ2v) is 8.45. The minimum atomic E-state index is -1.17. The van der Waals surface area contributed by atoms with Crippen molar-refractivity contribution in [1.82, 2.24) is 20.3 Å². The van der Waals surface area contributed by atoms with E-state index in [0.717, 1.165) is 0 Å². The summed E-state index contributed by atoms with van der Waals surface area (Å²) in [6.45, 7) is 0. The summed E-state index contributed by atoms with van der Waals surface area (Å²) in [6, 6.07) is 12.6. The molecule has 3 aromatic heterocycles. The van der Waals surface area contributed by atoms with Crippen molar-refractivity contribution < 1.29 is 18.9 Å². The van der Waals surface area contributed by atoms with Crippen molar-refractivity contribution in [3.05, 3.63) is 80.6 Å². The Morgan fingerprint density at radius 1 is 0.944 bits per heavy atom. The van der Waals surface area contributed by atoms with Gasteiger partial charge < -0.3 is 20.7 Å².